The summed E-state index contributed by atoms with van der Waals surface area (Å²) in [6, 6.07) is 14.5. The number of nitrogens with zero attached hydrogens (tertiary/aromatic N) is 1. The van der Waals surface area contributed by atoms with E-state index in [1.54, 1.807) is 7.11 Å². The summed E-state index contributed by atoms with van der Waals surface area (Å²) in [5.74, 6) is 1.74. The fourth-order valence-electron chi connectivity index (χ4n) is 2.58. The van der Waals surface area contributed by atoms with Crippen molar-refractivity contribution in [3.05, 3.63) is 59.2 Å². The molecule has 116 valence electrons. The van der Waals surface area contributed by atoms with Crippen LogP contribution in [0, 0.1) is 0 Å². The molecule has 0 spiro atoms. The quantitative estimate of drug-likeness (QED) is 0.767. The first kappa shape index (κ1) is 14.9. The molecule has 0 atom stereocenters. The van der Waals surface area contributed by atoms with E-state index in [0.29, 0.717) is 6.61 Å². The van der Waals surface area contributed by atoms with E-state index in [-0.39, 0.29) is 0 Å². The second kappa shape index (κ2) is 6.81. The lowest BCUT2D eigenvalue weighted by molar-refractivity contribution is -0.194. The first-order chi connectivity index (χ1) is 10.7. The molecule has 3 rings (SSSR count). The molecule has 0 unspecified atom stereocenters. The largest absolute Gasteiger partial charge is 0.497 e. The van der Waals surface area contributed by atoms with Crippen LogP contribution in [0.2, 0.25) is 0 Å². The first-order valence-electron chi connectivity index (χ1n) is 7.47. The van der Waals surface area contributed by atoms with Gasteiger partial charge in [0.2, 0.25) is 0 Å². The predicted molar refractivity (Wildman–Crippen MR) is 84.9 cm³/mol. The third-order valence-corrected chi connectivity index (χ3v) is 3.88. The molecule has 22 heavy (non-hydrogen) atoms. The molecule has 0 aromatic heterocycles. The zero-order valence-electron chi connectivity index (χ0n) is 13.0. The Morgan fingerprint density at radius 3 is 2.64 bits per heavy atom. The van der Waals surface area contributed by atoms with Crippen molar-refractivity contribution >= 4 is 0 Å². The highest BCUT2D eigenvalue weighted by molar-refractivity contribution is 5.37. The van der Waals surface area contributed by atoms with Crippen molar-refractivity contribution in [2.75, 3.05) is 20.7 Å². The smallest absolute Gasteiger partial charge is 0.171 e. The maximum Gasteiger partial charge on any atom is 0.171 e. The van der Waals surface area contributed by atoms with E-state index in [1.807, 2.05) is 18.2 Å². The van der Waals surface area contributed by atoms with Crippen molar-refractivity contribution in [3.8, 4) is 11.5 Å². The molecule has 1 aliphatic rings. The number of rotatable bonds is 6. The number of fused-ring (bicyclic) bond motifs is 1. The van der Waals surface area contributed by atoms with Crippen LogP contribution in [0.15, 0.2) is 42.5 Å². The lowest BCUT2D eigenvalue weighted by atomic mass is 10.1. The normalized spacial score (nSPS) is 13.0. The molecule has 0 radical (unpaired) electrons. The fraction of sp³-hybridized carbons (Fsp3) is 0.333. The van der Waals surface area contributed by atoms with Gasteiger partial charge < -0.3 is 14.5 Å². The molecule has 0 aliphatic carbocycles. The number of methoxy groups -OCH3 is 1. The van der Waals surface area contributed by atoms with E-state index in [4.69, 9.17) is 14.5 Å². The van der Waals surface area contributed by atoms with Gasteiger partial charge in [0.1, 0.15) is 12.4 Å². The van der Waals surface area contributed by atoms with Gasteiger partial charge in [-0.1, -0.05) is 18.2 Å². The summed E-state index contributed by atoms with van der Waals surface area (Å²) in [5, 5.41) is 0. The van der Waals surface area contributed by atoms with E-state index < -0.39 is 0 Å². The van der Waals surface area contributed by atoms with Crippen LogP contribution in [0.5, 0.6) is 11.5 Å². The third kappa shape index (κ3) is 3.59. The van der Waals surface area contributed by atoms with Crippen LogP contribution < -0.4 is 9.62 Å². The summed E-state index contributed by atoms with van der Waals surface area (Å²) in [7, 11) is 3.83. The lowest BCUT2D eigenvalue weighted by Crippen LogP contribution is -2.20. The van der Waals surface area contributed by atoms with Crippen LogP contribution in [0.1, 0.15) is 16.7 Å². The van der Waals surface area contributed by atoms with E-state index in [0.717, 1.165) is 36.6 Å². The van der Waals surface area contributed by atoms with E-state index in [2.05, 4.69) is 36.2 Å². The Hall–Kier alpha value is -2.04. The van der Waals surface area contributed by atoms with E-state index >= 15 is 0 Å². The Labute approximate surface area is 131 Å². The third-order valence-electron chi connectivity index (χ3n) is 3.88. The van der Waals surface area contributed by atoms with Crippen LogP contribution >= 0.6 is 0 Å². The second-order valence-corrected chi connectivity index (χ2v) is 5.62. The maximum absolute atomic E-state index is 5.18. The van der Waals surface area contributed by atoms with Crippen molar-refractivity contribution in [1.29, 1.82) is 0 Å². The highest BCUT2D eigenvalue weighted by Crippen LogP contribution is 2.27. The Bertz CT molecular complexity index is 625. The van der Waals surface area contributed by atoms with Crippen molar-refractivity contribution in [3.63, 3.8) is 0 Å². The van der Waals surface area contributed by atoms with Gasteiger partial charge in [0.25, 0.3) is 0 Å². The van der Waals surface area contributed by atoms with Gasteiger partial charge in [-0.2, -0.15) is 4.89 Å². The molecular weight excluding hydrogens is 278 g/mol. The average Bonchev–Trinajstić information content (AvgIpc) is 3.01. The zero-order valence-corrected chi connectivity index (χ0v) is 13.0. The molecule has 4 heteroatoms. The van der Waals surface area contributed by atoms with Crippen molar-refractivity contribution < 1.29 is 14.5 Å². The molecule has 0 saturated heterocycles. The van der Waals surface area contributed by atoms with Gasteiger partial charge in [0, 0.05) is 18.7 Å². The molecule has 2 aromatic carbocycles. The Kier molecular flexibility index (Phi) is 4.61. The lowest BCUT2D eigenvalue weighted by Gasteiger charge is -2.17. The second-order valence-electron chi connectivity index (χ2n) is 5.62. The number of hydrogen-bond acceptors (Lipinski definition) is 4. The molecule has 1 heterocycles. The van der Waals surface area contributed by atoms with Gasteiger partial charge in [0.15, 0.2) is 5.75 Å². The Morgan fingerprint density at radius 1 is 1.09 bits per heavy atom. The summed E-state index contributed by atoms with van der Waals surface area (Å²) in [4.78, 5) is 12.4. The molecule has 2 aromatic rings. The SMILES string of the molecule is COc1ccc(CCN(C)Cc2ccc3c(c2)COO3)cc1. The molecule has 1 aliphatic heterocycles. The van der Waals surface area contributed by atoms with Gasteiger partial charge in [0.05, 0.1) is 7.11 Å². The number of benzene rings is 2. The number of hydrogen-bond donors (Lipinski definition) is 0. The van der Waals surface area contributed by atoms with Crippen LogP contribution in [0.4, 0.5) is 0 Å². The Balaban J connectivity index is 1.52. The van der Waals surface area contributed by atoms with Crippen LogP contribution in [-0.2, 0) is 24.5 Å². The van der Waals surface area contributed by atoms with Crippen molar-refractivity contribution in [2.24, 2.45) is 0 Å². The van der Waals surface area contributed by atoms with Gasteiger partial charge in [-0.25, -0.2) is 0 Å². The molecule has 0 fully saturated rings. The summed E-state index contributed by atoms with van der Waals surface area (Å²) >= 11 is 0. The minimum absolute atomic E-state index is 0.540. The zero-order chi connectivity index (χ0) is 15.4. The maximum atomic E-state index is 5.18. The predicted octanol–water partition coefficient (Wildman–Crippen LogP) is 3.19. The molecule has 0 saturated carbocycles. The van der Waals surface area contributed by atoms with Crippen molar-refractivity contribution in [1.82, 2.24) is 4.90 Å². The first-order valence-corrected chi connectivity index (χ1v) is 7.47. The van der Waals surface area contributed by atoms with Crippen LogP contribution in [0.25, 0.3) is 0 Å². The molecule has 0 N–H and O–H groups in total. The van der Waals surface area contributed by atoms with E-state index in [9.17, 15) is 0 Å². The summed E-state index contributed by atoms with van der Waals surface area (Å²) in [5.41, 5.74) is 3.73. The summed E-state index contributed by atoms with van der Waals surface area (Å²) in [6.45, 7) is 2.47. The minimum Gasteiger partial charge on any atom is -0.497 e. The summed E-state index contributed by atoms with van der Waals surface area (Å²) < 4.78 is 5.18. The fourth-order valence-corrected chi connectivity index (χ4v) is 2.58. The minimum atomic E-state index is 0.540. The van der Waals surface area contributed by atoms with Crippen LogP contribution in [-0.4, -0.2) is 25.6 Å². The van der Waals surface area contributed by atoms with Gasteiger partial charge in [-0.15, -0.1) is 0 Å². The van der Waals surface area contributed by atoms with Crippen molar-refractivity contribution in [2.45, 2.75) is 19.6 Å². The average molecular weight is 299 g/mol. The molecule has 4 nitrogen and oxygen atoms in total. The molecular formula is C18H21NO3. The highest BCUT2D eigenvalue weighted by atomic mass is 17.2. The molecule has 0 bridgehead atoms. The Morgan fingerprint density at radius 2 is 1.86 bits per heavy atom. The standard InChI is InChI=1S/C18H21NO3/c1-19(10-9-14-3-6-17(20-2)7-4-14)12-15-5-8-18-16(11-15)13-21-22-18/h3-8,11H,9-10,12-13H2,1-2H3. The van der Waals surface area contributed by atoms with Gasteiger partial charge >= 0.3 is 0 Å². The van der Waals surface area contributed by atoms with Crippen LogP contribution in [0.3, 0.4) is 0 Å². The summed E-state index contributed by atoms with van der Waals surface area (Å²) in [6.07, 6.45) is 1.03. The highest BCUT2D eigenvalue weighted by Gasteiger charge is 2.14. The van der Waals surface area contributed by atoms with Gasteiger partial charge in [-0.3, -0.25) is 0 Å². The monoisotopic (exact) mass is 299 g/mol. The number of ether oxygens (including phenoxy) is 1. The molecule has 0 amide bonds. The topological polar surface area (TPSA) is 30.9 Å². The van der Waals surface area contributed by atoms with Gasteiger partial charge in [-0.05, 0) is 48.9 Å². The number of likely N-dealkylation sites (N-methyl/N-ethyl adjacent to an activating group) is 1. The van der Waals surface area contributed by atoms with E-state index in [1.165, 1.54) is 11.1 Å².